The smallest absolute Gasteiger partial charge is 0.318 e. The zero-order chi connectivity index (χ0) is 35.4. The molecule has 264 valence electrons. The number of aromatic nitrogens is 1. The molecule has 1 aromatic heterocycles. The van der Waals surface area contributed by atoms with Gasteiger partial charge in [0.25, 0.3) is 0 Å². The number of aliphatic hydroxyl groups is 1. The zero-order valence-electron chi connectivity index (χ0n) is 28.4. The molecule has 1 heterocycles. The lowest BCUT2D eigenvalue weighted by molar-refractivity contribution is -0.125. The van der Waals surface area contributed by atoms with Gasteiger partial charge in [0.15, 0.2) is 0 Å². The number of nitroso groups, excluding NO2 is 1. The Morgan fingerprint density at radius 2 is 1.69 bits per heavy atom. The van der Waals surface area contributed by atoms with Gasteiger partial charge in [0, 0.05) is 26.3 Å². The normalized spacial score (nSPS) is 15.8. The van der Waals surface area contributed by atoms with Crippen molar-refractivity contribution in [3.8, 4) is 0 Å². The standard InChI is InChI=1S/C36H48N6O6S/c1-4-26(2)34(40-36(45)41(3)24-30-15-8-9-20-37-30)35(44)39-32(21-27-11-6-5-7-12-27)33(43)25-42(23-29-13-10-14-29)49(47,48)31-18-16-28(17-19-31)22-38-46/h5-9,11-12,15-20,26,29,32-34,43H,4,10,13-14,21-25H2,1-3H3,(H,39,44)(H,40,45)/t26-,32-,33+,34-/m0/s1. The summed E-state index contributed by atoms with van der Waals surface area (Å²) < 4.78 is 29.2. The molecule has 3 aromatic rings. The van der Waals surface area contributed by atoms with Gasteiger partial charge in [-0.1, -0.05) is 80.4 Å². The molecule has 0 radical (unpaired) electrons. The highest BCUT2D eigenvalue weighted by atomic mass is 32.2. The summed E-state index contributed by atoms with van der Waals surface area (Å²) in [6, 6.07) is 18.6. The third-order valence-electron chi connectivity index (χ3n) is 9.22. The van der Waals surface area contributed by atoms with E-state index in [0.717, 1.165) is 24.8 Å². The molecule has 0 aliphatic heterocycles. The van der Waals surface area contributed by atoms with Gasteiger partial charge in [0.1, 0.15) is 12.6 Å². The molecule has 0 unspecified atom stereocenters. The maximum atomic E-state index is 14.0. The first kappa shape index (κ1) is 37.6. The van der Waals surface area contributed by atoms with Crippen molar-refractivity contribution in [3.05, 3.63) is 101 Å². The number of aliphatic hydroxyl groups excluding tert-OH is 1. The predicted molar refractivity (Wildman–Crippen MR) is 188 cm³/mol. The van der Waals surface area contributed by atoms with Crippen LogP contribution in [0.4, 0.5) is 4.79 Å². The molecule has 1 aliphatic carbocycles. The first-order chi connectivity index (χ1) is 23.5. The van der Waals surface area contributed by atoms with E-state index in [9.17, 15) is 28.0 Å². The summed E-state index contributed by atoms with van der Waals surface area (Å²) in [6.45, 7) is 3.97. The molecular formula is C36H48N6O6S. The average molecular weight is 693 g/mol. The lowest BCUT2D eigenvalue weighted by Gasteiger charge is -2.35. The first-order valence-corrected chi connectivity index (χ1v) is 18.3. The number of amides is 3. The molecule has 12 nitrogen and oxygen atoms in total. The second-order valence-electron chi connectivity index (χ2n) is 12.9. The number of pyridine rings is 1. The van der Waals surface area contributed by atoms with Crippen molar-refractivity contribution in [2.45, 2.75) is 82.1 Å². The second-order valence-corrected chi connectivity index (χ2v) is 14.9. The number of sulfonamides is 1. The molecule has 3 amide bonds. The molecule has 1 fully saturated rings. The molecule has 0 bridgehead atoms. The lowest BCUT2D eigenvalue weighted by atomic mass is 9.85. The Morgan fingerprint density at radius 1 is 1.00 bits per heavy atom. The molecule has 4 atom stereocenters. The number of nitrogens with one attached hydrogen (secondary N) is 2. The average Bonchev–Trinajstić information content (AvgIpc) is 3.08. The minimum absolute atomic E-state index is 0.0479. The minimum atomic E-state index is -4.03. The topological polar surface area (TPSA) is 161 Å². The number of nitrogens with zero attached hydrogens (tertiary/aromatic N) is 4. The van der Waals surface area contributed by atoms with Gasteiger partial charge in [-0.2, -0.15) is 9.21 Å². The van der Waals surface area contributed by atoms with Crippen LogP contribution in [0.2, 0.25) is 0 Å². The van der Waals surface area contributed by atoms with Gasteiger partial charge in [-0.25, -0.2) is 13.2 Å². The first-order valence-electron chi connectivity index (χ1n) is 16.8. The van der Waals surface area contributed by atoms with Crippen LogP contribution in [0.5, 0.6) is 0 Å². The molecule has 1 saturated carbocycles. The van der Waals surface area contributed by atoms with E-state index in [1.807, 2.05) is 56.3 Å². The number of hydrogen-bond acceptors (Lipinski definition) is 8. The molecule has 3 N–H and O–H groups in total. The van der Waals surface area contributed by atoms with Crippen LogP contribution in [-0.2, 0) is 34.3 Å². The monoisotopic (exact) mass is 692 g/mol. The SMILES string of the molecule is CC[C@H](C)[C@H](NC(=O)N(C)Cc1ccccn1)C(=O)N[C@@H](Cc1ccccc1)[C@H](O)CN(CC1CCC1)S(=O)(=O)c1ccc(CN=O)cc1. The fraction of sp³-hybridized carbons (Fsp3) is 0.472. The fourth-order valence-electron chi connectivity index (χ4n) is 5.74. The van der Waals surface area contributed by atoms with Crippen LogP contribution in [0.15, 0.2) is 89.1 Å². The molecule has 4 rings (SSSR count). The maximum Gasteiger partial charge on any atom is 0.318 e. The van der Waals surface area contributed by atoms with Crippen LogP contribution in [-0.4, -0.2) is 78.0 Å². The van der Waals surface area contributed by atoms with Crippen LogP contribution in [0, 0.1) is 16.7 Å². The summed E-state index contributed by atoms with van der Waals surface area (Å²) >= 11 is 0. The van der Waals surface area contributed by atoms with Crippen molar-refractivity contribution in [1.82, 2.24) is 24.8 Å². The predicted octanol–water partition coefficient (Wildman–Crippen LogP) is 4.48. The highest BCUT2D eigenvalue weighted by Gasteiger charge is 2.35. The van der Waals surface area contributed by atoms with Crippen molar-refractivity contribution in [1.29, 1.82) is 0 Å². The zero-order valence-corrected chi connectivity index (χ0v) is 29.3. The van der Waals surface area contributed by atoms with E-state index in [1.165, 1.54) is 21.3 Å². The number of rotatable bonds is 18. The summed E-state index contributed by atoms with van der Waals surface area (Å²) in [6.07, 6.45) is 4.00. The molecule has 49 heavy (non-hydrogen) atoms. The van der Waals surface area contributed by atoms with Crippen LogP contribution in [0.3, 0.4) is 0 Å². The third kappa shape index (κ3) is 10.6. The quantitative estimate of drug-likeness (QED) is 0.166. The summed E-state index contributed by atoms with van der Waals surface area (Å²) in [7, 11) is -2.41. The molecule has 1 aliphatic rings. The Kier molecular flexibility index (Phi) is 13.8. The molecule has 13 heteroatoms. The van der Waals surface area contributed by atoms with Gasteiger partial charge in [-0.3, -0.25) is 9.78 Å². The van der Waals surface area contributed by atoms with Gasteiger partial charge in [-0.15, -0.1) is 0 Å². The lowest BCUT2D eigenvalue weighted by Crippen LogP contribution is -2.58. The van der Waals surface area contributed by atoms with Crippen molar-refractivity contribution in [2.75, 3.05) is 20.1 Å². The van der Waals surface area contributed by atoms with Crippen LogP contribution >= 0.6 is 0 Å². The van der Waals surface area contributed by atoms with Gasteiger partial charge in [0.2, 0.25) is 15.9 Å². The Labute approximate surface area is 289 Å². The van der Waals surface area contributed by atoms with E-state index in [2.05, 4.69) is 20.8 Å². The Hall–Kier alpha value is -4.20. The summed E-state index contributed by atoms with van der Waals surface area (Å²) in [5.74, 6) is -0.549. The third-order valence-corrected chi connectivity index (χ3v) is 11.1. The Balaban J connectivity index is 1.56. The van der Waals surface area contributed by atoms with Gasteiger partial charge in [0.05, 0.1) is 29.3 Å². The fourth-order valence-corrected chi connectivity index (χ4v) is 7.27. The number of benzene rings is 2. The van der Waals surface area contributed by atoms with Crippen molar-refractivity contribution in [3.63, 3.8) is 0 Å². The van der Waals surface area contributed by atoms with Crippen LogP contribution < -0.4 is 10.6 Å². The van der Waals surface area contributed by atoms with E-state index in [4.69, 9.17) is 0 Å². The van der Waals surface area contributed by atoms with Crippen LogP contribution in [0.1, 0.15) is 56.4 Å². The van der Waals surface area contributed by atoms with Crippen molar-refractivity contribution in [2.24, 2.45) is 17.0 Å². The summed E-state index contributed by atoms with van der Waals surface area (Å²) in [5, 5.41) is 20.5. The minimum Gasteiger partial charge on any atom is -0.390 e. The van der Waals surface area contributed by atoms with Crippen molar-refractivity contribution < 1.29 is 23.1 Å². The molecule has 2 aromatic carbocycles. The molecule has 0 spiro atoms. The summed E-state index contributed by atoms with van der Waals surface area (Å²) in [5.41, 5.74) is 2.14. The molecular weight excluding hydrogens is 644 g/mol. The van der Waals surface area contributed by atoms with Gasteiger partial charge >= 0.3 is 6.03 Å². The van der Waals surface area contributed by atoms with E-state index in [-0.39, 0.29) is 49.3 Å². The number of hydrogen-bond donors (Lipinski definition) is 3. The number of carbonyl (C=O) groups excluding carboxylic acids is 2. The highest BCUT2D eigenvalue weighted by molar-refractivity contribution is 7.89. The second kappa shape index (κ2) is 18.0. The maximum absolute atomic E-state index is 14.0. The van der Waals surface area contributed by atoms with E-state index >= 15 is 0 Å². The summed E-state index contributed by atoms with van der Waals surface area (Å²) in [4.78, 5) is 43.7. The Bertz CT molecular complexity index is 1610. The van der Waals surface area contributed by atoms with E-state index < -0.39 is 40.1 Å². The Morgan fingerprint density at radius 3 is 2.29 bits per heavy atom. The van der Waals surface area contributed by atoms with Crippen LogP contribution in [0.25, 0.3) is 0 Å². The van der Waals surface area contributed by atoms with Crippen molar-refractivity contribution >= 4 is 22.0 Å². The van der Waals surface area contributed by atoms with Gasteiger partial charge in [-0.05, 0) is 66.5 Å². The van der Waals surface area contributed by atoms with E-state index in [1.54, 1.807) is 31.4 Å². The van der Waals surface area contributed by atoms with Gasteiger partial charge < -0.3 is 20.6 Å². The number of carbonyl (C=O) groups is 2. The van der Waals surface area contributed by atoms with E-state index in [0.29, 0.717) is 17.7 Å². The largest absolute Gasteiger partial charge is 0.390 e. The molecule has 0 saturated heterocycles. The highest BCUT2D eigenvalue weighted by Crippen LogP contribution is 2.30. The number of urea groups is 1.